The van der Waals surface area contributed by atoms with Gasteiger partial charge in [0.25, 0.3) is 0 Å². The van der Waals surface area contributed by atoms with E-state index in [0.29, 0.717) is 0 Å². The number of ketones is 1. The fourth-order valence-corrected chi connectivity index (χ4v) is 2.75. The van der Waals surface area contributed by atoms with Crippen molar-refractivity contribution in [2.75, 3.05) is 6.61 Å². The Morgan fingerprint density at radius 2 is 1.38 bits per heavy atom. The van der Waals surface area contributed by atoms with Gasteiger partial charge in [0.2, 0.25) is 0 Å². The number of benzene rings is 2. The van der Waals surface area contributed by atoms with Gasteiger partial charge in [0.15, 0.2) is 0 Å². The summed E-state index contributed by atoms with van der Waals surface area (Å²) in [4.78, 5) is 48.3. The Morgan fingerprint density at radius 1 is 0.812 bits per heavy atom. The van der Waals surface area contributed by atoms with Gasteiger partial charge in [-0.05, 0) is 24.5 Å². The first-order valence-electron chi connectivity index (χ1n) is 10.3. The van der Waals surface area contributed by atoms with Crippen LogP contribution in [0.5, 0.6) is 0 Å². The number of carbonyl (C=O) groups is 4. The van der Waals surface area contributed by atoms with E-state index >= 15 is 0 Å². The van der Waals surface area contributed by atoms with Crippen LogP contribution < -0.4 is 5.32 Å². The predicted octanol–water partition coefficient (Wildman–Crippen LogP) is 3.33. The van der Waals surface area contributed by atoms with Crippen molar-refractivity contribution in [2.24, 2.45) is 0 Å². The van der Waals surface area contributed by atoms with Gasteiger partial charge in [-0.25, -0.2) is 9.59 Å². The van der Waals surface area contributed by atoms with Gasteiger partial charge >= 0.3 is 18.0 Å². The van der Waals surface area contributed by atoms with E-state index in [9.17, 15) is 19.2 Å². The summed E-state index contributed by atoms with van der Waals surface area (Å²) >= 11 is 0. The monoisotopic (exact) mass is 441 g/mol. The van der Waals surface area contributed by atoms with Gasteiger partial charge in [0.1, 0.15) is 31.5 Å². The molecule has 0 saturated carbocycles. The highest BCUT2D eigenvalue weighted by Crippen LogP contribution is 2.08. The SMILES string of the molecule is CCOC(=O)CC(=O)CCC(NC(=O)OCc1ccccc1)C(=O)OCc1ccccc1. The Labute approximate surface area is 186 Å². The van der Waals surface area contributed by atoms with Gasteiger partial charge in [-0.3, -0.25) is 9.59 Å². The first-order valence-corrected chi connectivity index (χ1v) is 10.3. The highest BCUT2D eigenvalue weighted by molar-refractivity contribution is 5.95. The third-order valence-electron chi connectivity index (χ3n) is 4.37. The van der Waals surface area contributed by atoms with E-state index in [1.165, 1.54) is 0 Å². The molecule has 0 aromatic heterocycles. The van der Waals surface area contributed by atoms with Crippen LogP contribution in [0.4, 0.5) is 4.79 Å². The molecule has 0 spiro atoms. The molecule has 0 heterocycles. The first kappa shape index (κ1) is 24.6. The molecule has 2 rings (SSSR count). The Balaban J connectivity index is 1.92. The van der Waals surface area contributed by atoms with Crippen LogP contribution in [-0.4, -0.2) is 36.5 Å². The zero-order valence-electron chi connectivity index (χ0n) is 18.0. The number of carbonyl (C=O) groups excluding carboxylic acids is 4. The second kappa shape index (κ2) is 13.6. The molecule has 170 valence electrons. The molecule has 0 aliphatic carbocycles. The summed E-state index contributed by atoms with van der Waals surface area (Å²) < 4.78 is 15.2. The number of nitrogens with one attached hydrogen (secondary N) is 1. The summed E-state index contributed by atoms with van der Waals surface area (Å²) in [6, 6.07) is 17.0. The van der Waals surface area contributed by atoms with E-state index in [-0.39, 0.29) is 32.7 Å². The molecule has 8 heteroatoms. The van der Waals surface area contributed by atoms with Crippen LogP contribution in [0.3, 0.4) is 0 Å². The van der Waals surface area contributed by atoms with Crippen molar-refractivity contribution in [3.8, 4) is 0 Å². The minimum absolute atomic E-state index is 0.0215. The number of alkyl carbamates (subject to hydrolysis) is 1. The maximum atomic E-state index is 12.6. The topological polar surface area (TPSA) is 108 Å². The Bertz CT molecular complexity index is 884. The average Bonchev–Trinajstić information content (AvgIpc) is 2.80. The molecular formula is C24H27NO7. The van der Waals surface area contributed by atoms with Gasteiger partial charge in [0.05, 0.1) is 6.61 Å². The lowest BCUT2D eigenvalue weighted by Gasteiger charge is -2.17. The molecule has 1 amide bonds. The third-order valence-corrected chi connectivity index (χ3v) is 4.37. The van der Waals surface area contributed by atoms with Crippen molar-refractivity contribution in [1.82, 2.24) is 5.32 Å². The maximum Gasteiger partial charge on any atom is 0.408 e. The molecule has 1 atom stereocenters. The molecule has 1 unspecified atom stereocenters. The lowest BCUT2D eigenvalue weighted by Crippen LogP contribution is -2.42. The third kappa shape index (κ3) is 9.42. The van der Waals surface area contributed by atoms with E-state index in [2.05, 4.69) is 5.32 Å². The second-order valence-electron chi connectivity index (χ2n) is 6.91. The molecule has 0 saturated heterocycles. The molecule has 1 N–H and O–H groups in total. The van der Waals surface area contributed by atoms with Crippen molar-refractivity contribution in [3.05, 3.63) is 71.8 Å². The van der Waals surface area contributed by atoms with Crippen molar-refractivity contribution in [1.29, 1.82) is 0 Å². The Kier molecular flexibility index (Phi) is 10.4. The van der Waals surface area contributed by atoms with Crippen molar-refractivity contribution in [2.45, 2.75) is 45.4 Å². The quantitative estimate of drug-likeness (QED) is 0.306. The lowest BCUT2D eigenvalue weighted by molar-refractivity contribution is -0.147. The van der Waals surface area contributed by atoms with Crippen LogP contribution in [-0.2, 0) is 41.8 Å². The fraction of sp³-hybridized carbons (Fsp3) is 0.333. The molecule has 2 aromatic carbocycles. The molecule has 0 aliphatic rings. The number of ether oxygens (including phenoxy) is 3. The molecule has 0 fully saturated rings. The van der Waals surface area contributed by atoms with Gasteiger partial charge in [0, 0.05) is 6.42 Å². The maximum absolute atomic E-state index is 12.6. The van der Waals surface area contributed by atoms with Crippen molar-refractivity contribution < 1.29 is 33.4 Å². The first-order chi connectivity index (χ1) is 15.5. The number of esters is 2. The van der Waals surface area contributed by atoms with Crippen LogP contribution in [0, 0.1) is 0 Å². The molecule has 32 heavy (non-hydrogen) atoms. The summed E-state index contributed by atoms with van der Waals surface area (Å²) in [5.74, 6) is -1.73. The zero-order chi connectivity index (χ0) is 23.2. The van der Waals surface area contributed by atoms with Crippen LogP contribution in [0.15, 0.2) is 60.7 Å². The van der Waals surface area contributed by atoms with Crippen molar-refractivity contribution >= 4 is 23.8 Å². The Morgan fingerprint density at radius 3 is 1.94 bits per heavy atom. The van der Waals surface area contributed by atoms with Crippen LogP contribution in [0.25, 0.3) is 0 Å². The predicted molar refractivity (Wildman–Crippen MR) is 115 cm³/mol. The minimum atomic E-state index is -1.10. The summed E-state index contributed by atoms with van der Waals surface area (Å²) in [6.07, 6.45) is -1.35. The van der Waals surface area contributed by atoms with Gasteiger partial charge in [-0.1, -0.05) is 60.7 Å². The van der Waals surface area contributed by atoms with Crippen LogP contribution >= 0.6 is 0 Å². The highest BCUT2D eigenvalue weighted by Gasteiger charge is 2.25. The molecule has 2 aromatic rings. The number of hydrogen-bond acceptors (Lipinski definition) is 7. The van der Waals surface area contributed by atoms with E-state index < -0.39 is 36.3 Å². The number of Topliss-reactive ketones (excluding diaryl/α,β-unsaturated/α-hetero) is 1. The van der Waals surface area contributed by atoms with E-state index in [1.807, 2.05) is 36.4 Å². The average molecular weight is 441 g/mol. The minimum Gasteiger partial charge on any atom is -0.466 e. The molecular weight excluding hydrogens is 414 g/mol. The van der Waals surface area contributed by atoms with Gasteiger partial charge < -0.3 is 19.5 Å². The number of amides is 1. The number of rotatable bonds is 12. The van der Waals surface area contributed by atoms with Gasteiger partial charge in [-0.2, -0.15) is 0 Å². The molecule has 8 nitrogen and oxygen atoms in total. The Hall–Kier alpha value is -3.68. The van der Waals surface area contributed by atoms with Crippen LogP contribution in [0.2, 0.25) is 0 Å². The standard InChI is InChI=1S/C24H27NO7/c1-2-30-22(27)15-20(26)13-14-21(23(28)31-16-18-9-5-3-6-10-18)25-24(29)32-17-19-11-7-4-8-12-19/h3-12,21H,2,13-17H2,1H3,(H,25,29). The normalized spacial score (nSPS) is 11.2. The van der Waals surface area contributed by atoms with E-state index in [0.717, 1.165) is 11.1 Å². The largest absolute Gasteiger partial charge is 0.466 e. The molecule has 0 radical (unpaired) electrons. The summed E-state index contributed by atoms with van der Waals surface area (Å²) in [5, 5.41) is 2.45. The second-order valence-corrected chi connectivity index (χ2v) is 6.91. The summed E-state index contributed by atoms with van der Waals surface area (Å²) in [5.41, 5.74) is 1.57. The van der Waals surface area contributed by atoms with E-state index in [1.54, 1.807) is 31.2 Å². The highest BCUT2D eigenvalue weighted by atomic mass is 16.6. The van der Waals surface area contributed by atoms with Crippen molar-refractivity contribution in [3.63, 3.8) is 0 Å². The number of hydrogen-bond donors (Lipinski definition) is 1. The van der Waals surface area contributed by atoms with Gasteiger partial charge in [-0.15, -0.1) is 0 Å². The summed E-state index contributed by atoms with van der Waals surface area (Å²) in [7, 11) is 0. The summed E-state index contributed by atoms with van der Waals surface area (Å²) in [6.45, 7) is 1.87. The molecule has 0 bridgehead atoms. The zero-order valence-corrected chi connectivity index (χ0v) is 18.0. The molecule has 0 aliphatic heterocycles. The van der Waals surface area contributed by atoms with E-state index in [4.69, 9.17) is 14.2 Å². The lowest BCUT2D eigenvalue weighted by atomic mass is 10.1. The smallest absolute Gasteiger partial charge is 0.408 e. The van der Waals surface area contributed by atoms with Crippen LogP contribution in [0.1, 0.15) is 37.3 Å². The fourth-order valence-electron chi connectivity index (χ4n) is 2.75.